The minimum atomic E-state index is -1.12. The fourth-order valence-corrected chi connectivity index (χ4v) is 3.64. The fourth-order valence-electron chi connectivity index (χ4n) is 3.64. The number of ether oxygens (including phenoxy) is 1. The molecule has 7 nitrogen and oxygen atoms in total. The molecule has 150 valence electrons. The topological polar surface area (TPSA) is 92.8 Å². The number of hydrogen-bond donors (Lipinski definition) is 1. The van der Waals surface area contributed by atoms with Gasteiger partial charge < -0.3 is 10.1 Å². The second kappa shape index (κ2) is 8.45. The number of carbonyl (C=O) groups excluding carboxylic acids is 4. The van der Waals surface area contributed by atoms with Gasteiger partial charge >= 0.3 is 5.97 Å². The number of hydrogen-bond acceptors (Lipinski definition) is 5. The van der Waals surface area contributed by atoms with E-state index in [4.69, 9.17) is 4.74 Å². The Balaban J connectivity index is 1.43. The summed E-state index contributed by atoms with van der Waals surface area (Å²) in [6.45, 7) is -0.695. The highest BCUT2D eigenvalue weighted by molar-refractivity contribution is 6.05. The smallest absolute Gasteiger partial charge is 0.308 e. The van der Waals surface area contributed by atoms with E-state index in [9.17, 15) is 28.0 Å². The van der Waals surface area contributed by atoms with Gasteiger partial charge in [-0.3, -0.25) is 24.1 Å². The van der Waals surface area contributed by atoms with Gasteiger partial charge in [-0.15, -0.1) is 0 Å². The standard InChI is InChI=1S/C19H20F2N2O5/c20-14-6-5-11(9-15(14)21)22-16(24)10-28-17(25)7-8-23-18(26)12-3-1-2-4-13(12)19(23)27/h5-6,9,12-13H,1-4,7-8,10H2,(H,22,24)/t12-,13-/m0/s1. The molecule has 2 atom stereocenters. The number of rotatable bonds is 6. The largest absolute Gasteiger partial charge is 0.456 e. The third kappa shape index (κ3) is 4.35. The first-order valence-corrected chi connectivity index (χ1v) is 9.12. The molecule has 3 amide bonds. The van der Waals surface area contributed by atoms with Crippen LogP contribution in [-0.4, -0.2) is 41.7 Å². The fraction of sp³-hybridized carbons (Fsp3) is 0.474. The highest BCUT2D eigenvalue weighted by atomic mass is 19.2. The predicted molar refractivity (Wildman–Crippen MR) is 92.7 cm³/mol. The number of likely N-dealkylation sites (tertiary alicyclic amines) is 1. The SMILES string of the molecule is O=C(COC(=O)CCN1C(=O)[C@H]2CCCC[C@@H]2C1=O)Nc1ccc(F)c(F)c1. The van der Waals surface area contributed by atoms with Gasteiger partial charge in [-0.25, -0.2) is 8.78 Å². The van der Waals surface area contributed by atoms with Crippen LogP contribution in [0, 0.1) is 23.5 Å². The lowest BCUT2D eigenvalue weighted by Crippen LogP contribution is -2.33. The molecule has 28 heavy (non-hydrogen) atoms. The molecule has 1 heterocycles. The molecule has 1 saturated carbocycles. The molecule has 0 unspecified atom stereocenters. The molecule has 0 spiro atoms. The van der Waals surface area contributed by atoms with Gasteiger partial charge in [0.25, 0.3) is 5.91 Å². The van der Waals surface area contributed by atoms with Gasteiger partial charge in [0.05, 0.1) is 18.3 Å². The number of amides is 3. The molecule has 2 fully saturated rings. The minimum Gasteiger partial charge on any atom is -0.456 e. The molecule has 0 bridgehead atoms. The van der Waals surface area contributed by atoms with E-state index in [1.165, 1.54) is 6.07 Å². The Labute approximate surface area is 160 Å². The van der Waals surface area contributed by atoms with Crippen LogP contribution in [0.3, 0.4) is 0 Å². The van der Waals surface area contributed by atoms with E-state index >= 15 is 0 Å². The normalized spacial score (nSPS) is 21.4. The van der Waals surface area contributed by atoms with Crippen molar-refractivity contribution in [2.45, 2.75) is 32.1 Å². The van der Waals surface area contributed by atoms with Gasteiger partial charge in [0.15, 0.2) is 18.2 Å². The number of nitrogens with one attached hydrogen (secondary N) is 1. The highest BCUT2D eigenvalue weighted by Crippen LogP contribution is 2.37. The van der Waals surface area contributed by atoms with Gasteiger partial charge in [0, 0.05) is 18.3 Å². The van der Waals surface area contributed by atoms with Crippen molar-refractivity contribution in [3.05, 3.63) is 29.8 Å². The van der Waals surface area contributed by atoms with Crippen molar-refractivity contribution in [2.24, 2.45) is 11.8 Å². The van der Waals surface area contributed by atoms with Crippen molar-refractivity contribution in [2.75, 3.05) is 18.5 Å². The Hall–Kier alpha value is -2.84. The molecule has 1 saturated heterocycles. The van der Waals surface area contributed by atoms with Crippen LogP contribution in [0.5, 0.6) is 0 Å². The first-order valence-electron chi connectivity index (χ1n) is 9.12. The van der Waals surface area contributed by atoms with E-state index in [1.807, 2.05) is 0 Å². The third-order valence-electron chi connectivity index (χ3n) is 5.04. The van der Waals surface area contributed by atoms with Crippen LogP contribution in [0.1, 0.15) is 32.1 Å². The first kappa shape index (κ1) is 19.9. The lowest BCUT2D eigenvalue weighted by molar-refractivity contribution is -0.148. The summed E-state index contributed by atoms with van der Waals surface area (Å²) in [5.41, 5.74) is 0.0239. The Bertz CT molecular complexity index is 790. The number of benzene rings is 1. The van der Waals surface area contributed by atoms with Gasteiger partial charge in [-0.05, 0) is 25.0 Å². The number of nitrogens with zero attached hydrogens (tertiary/aromatic N) is 1. The summed E-state index contributed by atoms with van der Waals surface area (Å²) in [6, 6.07) is 2.83. The second-order valence-corrected chi connectivity index (χ2v) is 6.91. The van der Waals surface area contributed by atoms with Gasteiger partial charge in [0.1, 0.15) is 0 Å². The van der Waals surface area contributed by atoms with Crippen LogP contribution >= 0.6 is 0 Å². The van der Waals surface area contributed by atoms with Gasteiger partial charge in [0.2, 0.25) is 11.8 Å². The van der Waals surface area contributed by atoms with Crippen molar-refractivity contribution in [1.29, 1.82) is 0 Å². The predicted octanol–water partition coefficient (Wildman–Crippen LogP) is 2.01. The maximum Gasteiger partial charge on any atom is 0.308 e. The van der Waals surface area contributed by atoms with Crippen molar-refractivity contribution < 1.29 is 32.7 Å². The Morgan fingerprint density at radius 2 is 1.71 bits per heavy atom. The van der Waals surface area contributed by atoms with E-state index in [0.29, 0.717) is 12.8 Å². The van der Waals surface area contributed by atoms with Gasteiger partial charge in [-0.2, -0.15) is 0 Å². The summed E-state index contributed by atoms with van der Waals surface area (Å²) in [4.78, 5) is 49.3. The molecule has 1 N–H and O–H groups in total. The molecule has 1 aliphatic heterocycles. The summed E-state index contributed by atoms with van der Waals surface area (Å²) in [5.74, 6) is -4.66. The number of carbonyl (C=O) groups is 4. The second-order valence-electron chi connectivity index (χ2n) is 6.91. The van der Waals surface area contributed by atoms with Crippen molar-refractivity contribution in [3.63, 3.8) is 0 Å². The molecular formula is C19H20F2N2O5. The first-order chi connectivity index (χ1) is 13.4. The minimum absolute atomic E-state index is 0.0239. The number of esters is 1. The molecule has 1 aliphatic carbocycles. The summed E-state index contributed by atoms with van der Waals surface area (Å²) in [6.07, 6.45) is 3.02. The monoisotopic (exact) mass is 394 g/mol. The van der Waals surface area contributed by atoms with E-state index in [-0.39, 0.29) is 42.3 Å². The van der Waals surface area contributed by atoms with Crippen LogP contribution in [0.25, 0.3) is 0 Å². The zero-order chi connectivity index (χ0) is 20.3. The molecule has 0 aromatic heterocycles. The molecule has 9 heteroatoms. The summed E-state index contributed by atoms with van der Waals surface area (Å²) >= 11 is 0. The highest BCUT2D eigenvalue weighted by Gasteiger charge is 2.47. The Morgan fingerprint density at radius 3 is 2.32 bits per heavy atom. The van der Waals surface area contributed by atoms with E-state index in [1.54, 1.807) is 0 Å². The molecule has 3 rings (SSSR count). The summed E-state index contributed by atoms with van der Waals surface area (Å²) in [5, 5.41) is 2.27. The van der Waals surface area contributed by atoms with Crippen molar-refractivity contribution in [1.82, 2.24) is 4.90 Å². The summed E-state index contributed by atoms with van der Waals surface area (Å²) < 4.78 is 30.8. The molecular weight excluding hydrogens is 374 g/mol. The maximum atomic E-state index is 13.1. The zero-order valence-corrected chi connectivity index (χ0v) is 15.1. The molecule has 0 radical (unpaired) electrons. The number of imide groups is 1. The van der Waals surface area contributed by atoms with Crippen LogP contribution in [0.2, 0.25) is 0 Å². The molecule has 2 aliphatic rings. The van der Waals surface area contributed by atoms with E-state index in [2.05, 4.69) is 5.32 Å². The Kier molecular flexibility index (Phi) is 6.01. The maximum absolute atomic E-state index is 13.1. The average Bonchev–Trinajstić information content (AvgIpc) is 2.92. The number of fused-ring (bicyclic) bond motifs is 1. The lowest BCUT2D eigenvalue weighted by atomic mass is 9.81. The van der Waals surface area contributed by atoms with Crippen LogP contribution in [-0.2, 0) is 23.9 Å². The summed E-state index contributed by atoms with van der Waals surface area (Å²) in [7, 11) is 0. The van der Waals surface area contributed by atoms with Crippen LogP contribution in [0.15, 0.2) is 18.2 Å². The average molecular weight is 394 g/mol. The van der Waals surface area contributed by atoms with Gasteiger partial charge in [-0.1, -0.05) is 12.8 Å². The van der Waals surface area contributed by atoms with Crippen LogP contribution < -0.4 is 5.32 Å². The van der Waals surface area contributed by atoms with E-state index < -0.39 is 30.1 Å². The third-order valence-corrected chi connectivity index (χ3v) is 5.04. The van der Waals surface area contributed by atoms with Crippen LogP contribution in [0.4, 0.5) is 14.5 Å². The Morgan fingerprint density at radius 1 is 1.07 bits per heavy atom. The van der Waals surface area contributed by atoms with Crippen molar-refractivity contribution >= 4 is 29.4 Å². The molecule has 1 aromatic rings. The zero-order valence-electron chi connectivity index (χ0n) is 15.1. The van der Waals surface area contributed by atoms with Crippen molar-refractivity contribution in [3.8, 4) is 0 Å². The number of halogens is 2. The number of anilines is 1. The quantitative estimate of drug-likeness (QED) is 0.589. The van der Waals surface area contributed by atoms with E-state index in [0.717, 1.165) is 29.9 Å². The molecule has 1 aromatic carbocycles. The lowest BCUT2D eigenvalue weighted by Gasteiger charge is -2.19.